The van der Waals surface area contributed by atoms with Gasteiger partial charge in [-0.15, -0.1) is 0 Å². The summed E-state index contributed by atoms with van der Waals surface area (Å²) in [7, 11) is 0. The number of nitrogens with one attached hydrogen (secondary N) is 1. The van der Waals surface area contributed by atoms with E-state index in [1.54, 1.807) is 6.07 Å². The number of carbonyl (C=O) groups excluding carboxylic acids is 2. The minimum atomic E-state index is -0.941. The summed E-state index contributed by atoms with van der Waals surface area (Å²) in [6.07, 6.45) is -0.941. The molecule has 3 rings (SSSR count). The number of rotatable bonds is 7. The Hall–Kier alpha value is -4.07. The van der Waals surface area contributed by atoms with Gasteiger partial charge in [0.1, 0.15) is 17.3 Å². The molecule has 0 aliphatic rings. The number of ketones is 1. The summed E-state index contributed by atoms with van der Waals surface area (Å²) in [6, 6.07) is 17.2. The van der Waals surface area contributed by atoms with Gasteiger partial charge in [0.05, 0.1) is 4.92 Å². The number of nitro benzene ring substituents is 1. The number of halogens is 1. The van der Waals surface area contributed by atoms with Crippen LogP contribution in [0.3, 0.4) is 0 Å². The van der Waals surface area contributed by atoms with E-state index in [0.29, 0.717) is 16.9 Å². The van der Waals surface area contributed by atoms with Crippen LogP contribution < -0.4 is 10.1 Å². The Morgan fingerprint density at radius 1 is 0.967 bits per heavy atom. The van der Waals surface area contributed by atoms with E-state index >= 15 is 0 Å². The smallest absolute Gasteiger partial charge is 0.292 e. The van der Waals surface area contributed by atoms with Crippen LogP contribution in [0.4, 0.5) is 15.8 Å². The largest absolute Gasteiger partial charge is 0.481 e. The van der Waals surface area contributed by atoms with E-state index < -0.39 is 22.8 Å². The second-order valence-corrected chi connectivity index (χ2v) is 6.38. The second-order valence-electron chi connectivity index (χ2n) is 6.38. The third-order valence-corrected chi connectivity index (χ3v) is 4.26. The molecule has 3 aromatic carbocycles. The molecule has 1 amide bonds. The second kappa shape index (κ2) is 8.95. The highest BCUT2D eigenvalue weighted by Gasteiger charge is 2.20. The van der Waals surface area contributed by atoms with E-state index in [-0.39, 0.29) is 17.2 Å². The third kappa shape index (κ3) is 4.85. The van der Waals surface area contributed by atoms with Crippen molar-refractivity contribution in [1.82, 2.24) is 0 Å². The number of nitrogens with zero attached hydrogens (tertiary/aromatic N) is 1. The summed E-state index contributed by atoms with van der Waals surface area (Å²) in [6.45, 7) is 1.50. The van der Waals surface area contributed by atoms with Crippen molar-refractivity contribution < 1.29 is 23.6 Å². The van der Waals surface area contributed by atoms with Crippen LogP contribution in [0.5, 0.6) is 5.75 Å². The van der Waals surface area contributed by atoms with Gasteiger partial charge in [0.2, 0.25) is 0 Å². The highest BCUT2D eigenvalue weighted by atomic mass is 19.1. The first-order chi connectivity index (χ1) is 14.3. The minimum absolute atomic E-state index is 0.0724. The zero-order valence-corrected chi connectivity index (χ0v) is 15.9. The van der Waals surface area contributed by atoms with Crippen molar-refractivity contribution in [2.45, 2.75) is 13.0 Å². The fraction of sp³-hybridized carbons (Fsp3) is 0.0909. The predicted molar refractivity (Wildman–Crippen MR) is 108 cm³/mol. The van der Waals surface area contributed by atoms with Crippen molar-refractivity contribution in [3.63, 3.8) is 0 Å². The van der Waals surface area contributed by atoms with E-state index in [1.807, 2.05) is 0 Å². The van der Waals surface area contributed by atoms with Gasteiger partial charge in [-0.1, -0.05) is 12.1 Å². The fourth-order valence-corrected chi connectivity index (χ4v) is 2.68. The van der Waals surface area contributed by atoms with Crippen LogP contribution >= 0.6 is 0 Å². The molecule has 0 saturated heterocycles. The van der Waals surface area contributed by atoms with Crippen molar-refractivity contribution in [1.29, 1.82) is 0 Å². The van der Waals surface area contributed by atoms with Crippen LogP contribution in [0.15, 0.2) is 72.8 Å². The van der Waals surface area contributed by atoms with Gasteiger partial charge in [0.25, 0.3) is 11.6 Å². The van der Waals surface area contributed by atoms with Gasteiger partial charge in [-0.2, -0.15) is 0 Å². The Balaban J connectivity index is 1.65. The molecule has 0 spiro atoms. The third-order valence-electron chi connectivity index (χ3n) is 4.26. The quantitative estimate of drug-likeness (QED) is 0.356. The monoisotopic (exact) mass is 408 g/mol. The van der Waals surface area contributed by atoms with E-state index in [9.17, 15) is 24.1 Å². The Kier molecular flexibility index (Phi) is 6.17. The number of amides is 1. The van der Waals surface area contributed by atoms with Crippen molar-refractivity contribution >= 4 is 23.1 Å². The standard InChI is InChI=1S/C22H17FN2O5/c1-14(22(27)24-19-4-2-3-5-20(19)25(28)29)30-18-12-8-16(9-13-18)21(26)15-6-10-17(23)11-7-15/h2-14H,1H3,(H,24,27)/t14-/m1/s1. The first-order valence-electron chi connectivity index (χ1n) is 8.96. The van der Waals surface area contributed by atoms with Crippen LogP contribution in [0.25, 0.3) is 0 Å². The van der Waals surface area contributed by atoms with E-state index in [4.69, 9.17) is 4.74 Å². The number of para-hydroxylation sites is 2. The molecule has 8 heteroatoms. The molecular weight excluding hydrogens is 391 g/mol. The predicted octanol–water partition coefficient (Wildman–Crippen LogP) is 4.37. The van der Waals surface area contributed by atoms with Gasteiger partial charge in [-0.05, 0) is 61.5 Å². The number of anilines is 1. The Morgan fingerprint density at radius 3 is 2.13 bits per heavy atom. The molecule has 0 bridgehead atoms. The summed E-state index contributed by atoms with van der Waals surface area (Å²) in [5.74, 6) is -0.918. The van der Waals surface area contributed by atoms with Gasteiger partial charge in [-0.3, -0.25) is 19.7 Å². The maximum absolute atomic E-state index is 13.0. The molecule has 0 radical (unpaired) electrons. The van der Waals surface area contributed by atoms with Crippen LogP contribution in [0, 0.1) is 15.9 Å². The molecular formula is C22H17FN2O5. The lowest BCUT2D eigenvalue weighted by Gasteiger charge is -2.15. The lowest BCUT2D eigenvalue weighted by atomic mass is 10.0. The van der Waals surface area contributed by atoms with E-state index in [1.165, 1.54) is 73.7 Å². The maximum Gasteiger partial charge on any atom is 0.292 e. The number of benzene rings is 3. The summed E-state index contributed by atoms with van der Waals surface area (Å²) in [4.78, 5) is 35.2. The highest BCUT2D eigenvalue weighted by Crippen LogP contribution is 2.24. The lowest BCUT2D eigenvalue weighted by Crippen LogP contribution is -2.30. The number of nitro groups is 1. The molecule has 0 aliphatic carbocycles. The summed E-state index contributed by atoms with van der Waals surface area (Å²) in [5.41, 5.74) is 0.582. The van der Waals surface area contributed by atoms with Crippen molar-refractivity contribution in [2.75, 3.05) is 5.32 Å². The summed E-state index contributed by atoms with van der Waals surface area (Å²) < 4.78 is 18.6. The van der Waals surface area contributed by atoms with Gasteiger partial charge in [0.15, 0.2) is 11.9 Å². The van der Waals surface area contributed by atoms with Gasteiger partial charge in [0, 0.05) is 17.2 Å². The number of carbonyl (C=O) groups is 2. The number of ether oxygens (including phenoxy) is 1. The normalized spacial score (nSPS) is 11.4. The van der Waals surface area contributed by atoms with Gasteiger partial charge >= 0.3 is 0 Å². The fourth-order valence-electron chi connectivity index (χ4n) is 2.68. The van der Waals surface area contributed by atoms with Crippen LogP contribution in [0.2, 0.25) is 0 Å². The average Bonchev–Trinajstić information content (AvgIpc) is 2.74. The molecule has 0 saturated carbocycles. The zero-order valence-electron chi connectivity index (χ0n) is 15.9. The molecule has 1 atom stereocenters. The first kappa shape index (κ1) is 20.7. The molecule has 3 aromatic rings. The Bertz CT molecular complexity index is 1080. The van der Waals surface area contributed by atoms with E-state index in [0.717, 1.165) is 0 Å². The maximum atomic E-state index is 13.0. The first-order valence-corrected chi connectivity index (χ1v) is 8.96. The zero-order chi connectivity index (χ0) is 21.7. The van der Waals surface area contributed by atoms with Crippen molar-refractivity contribution in [2.24, 2.45) is 0 Å². The number of hydrogen-bond donors (Lipinski definition) is 1. The molecule has 0 fully saturated rings. The molecule has 7 nitrogen and oxygen atoms in total. The average molecular weight is 408 g/mol. The molecule has 1 N–H and O–H groups in total. The Labute approximate surface area is 171 Å². The van der Waals surface area contributed by atoms with Gasteiger partial charge < -0.3 is 10.1 Å². The van der Waals surface area contributed by atoms with E-state index in [2.05, 4.69) is 5.32 Å². The topological polar surface area (TPSA) is 98.5 Å². The molecule has 152 valence electrons. The Morgan fingerprint density at radius 2 is 1.53 bits per heavy atom. The molecule has 0 unspecified atom stereocenters. The van der Waals surface area contributed by atoms with Gasteiger partial charge in [-0.25, -0.2) is 4.39 Å². The summed E-state index contributed by atoms with van der Waals surface area (Å²) in [5, 5.41) is 13.5. The van der Waals surface area contributed by atoms with Crippen LogP contribution in [-0.2, 0) is 4.79 Å². The number of hydrogen-bond acceptors (Lipinski definition) is 5. The van der Waals surface area contributed by atoms with Crippen molar-refractivity contribution in [3.8, 4) is 5.75 Å². The van der Waals surface area contributed by atoms with Crippen LogP contribution in [0.1, 0.15) is 22.8 Å². The minimum Gasteiger partial charge on any atom is -0.481 e. The van der Waals surface area contributed by atoms with Crippen molar-refractivity contribution in [3.05, 3.63) is 99.9 Å². The molecule has 30 heavy (non-hydrogen) atoms. The molecule has 0 aromatic heterocycles. The SMILES string of the molecule is C[C@@H](Oc1ccc(C(=O)c2ccc(F)cc2)cc1)C(=O)Nc1ccccc1[N+](=O)[O-]. The summed E-state index contributed by atoms with van der Waals surface area (Å²) >= 11 is 0. The van der Waals surface area contributed by atoms with Crippen LogP contribution in [-0.4, -0.2) is 22.7 Å². The molecule has 0 heterocycles. The highest BCUT2D eigenvalue weighted by molar-refractivity contribution is 6.09. The molecule has 0 aliphatic heterocycles. The lowest BCUT2D eigenvalue weighted by molar-refractivity contribution is -0.383.